The molecule has 2 aliphatic heterocycles. The number of alkyl halides is 24. The SMILES string of the molecule is C.C.C.C.C.C.C.C.CC1C(=O)N(C)C(=O)C1C.CC1C2CC(CC(O)(C(F)(F)F)C(F)(F)F)C(C2)C1C.CCC(C)(C)C(=O)O.CCC(C)(C)C(=O)OC(C(F)(F)F)C(F)(F)F.CCC(C)(C)C(=O)OC(C)(C)C1CCC(C)CC1.CCC(C)(C)C(=O)OC1C(=O)OC2CCCC21.CCC(C)(C)C(=O)Oc1cc(C(F)(F)F)cc(C(F)(F)F)c1.CCC(C)C(=O)OC(C(F)(F)F)C(F)(F)F.CCC(C)c1ccc(C(C)(C)C)cc1. The van der Waals surface area contributed by atoms with Crippen molar-refractivity contribution in [3.63, 3.8) is 0 Å². The Kier molecular flexibility index (Phi) is 66.2. The van der Waals surface area contributed by atoms with Crippen LogP contribution in [0.4, 0.5) is 105 Å². The molecule has 0 aromatic heterocycles. The van der Waals surface area contributed by atoms with Gasteiger partial charge in [0.15, 0.2) is 0 Å². The summed E-state index contributed by atoms with van der Waals surface area (Å²) in [6.07, 6.45) is -41.4. The summed E-state index contributed by atoms with van der Waals surface area (Å²) in [5.41, 5.74) is -8.66. The normalized spacial score (nSPS) is 21.2. The van der Waals surface area contributed by atoms with E-state index in [1.165, 1.54) is 104 Å². The number of hydrogen-bond donors (Lipinski definition) is 2. The molecule has 2 aromatic rings. The van der Waals surface area contributed by atoms with Crippen LogP contribution >= 0.6 is 0 Å². The van der Waals surface area contributed by atoms with Crippen LogP contribution in [-0.4, -0.2) is 148 Å². The van der Waals surface area contributed by atoms with E-state index >= 15 is 0 Å². The average Bonchev–Trinajstić information content (AvgIpc) is 1.56. The fraction of sp³-hybridized carbons (Fsp3) is 0.806. The van der Waals surface area contributed by atoms with Gasteiger partial charge in [0.2, 0.25) is 17.9 Å². The second-order valence-electron chi connectivity index (χ2n) is 42.5. The molecule has 2 aromatic carbocycles. The maximum Gasteiger partial charge on any atom is 0.434 e. The van der Waals surface area contributed by atoms with Crippen LogP contribution in [0, 0.1) is 92.2 Å². The molecular formula is C108H181F24NO17. The molecule has 6 fully saturated rings. The van der Waals surface area contributed by atoms with Crippen LogP contribution in [0.15, 0.2) is 42.5 Å². The van der Waals surface area contributed by atoms with E-state index in [0.29, 0.717) is 62.0 Å². The number of aliphatic hydroxyl groups is 1. The minimum atomic E-state index is -5.69. The Morgan fingerprint density at radius 2 is 0.820 bits per heavy atom. The van der Waals surface area contributed by atoms with E-state index in [1.807, 2.05) is 62.3 Å². The van der Waals surface area contributed by atoms with Gasteiger partial charge < -0.3 is 38.6 Å². The maximum absolute atomic E-state index is 12.7. The summed E-state index contributed by atoms with van der Waals surface area (Å²) >= 11 is 0. The molecule has 6 aliphatic rings. The number of carbonyl (C=O) groups is 9. The zero-order chi connectivity index (χ0) is 112. The first-order chi connectivity index (χ1) is 63.6. The first-order valence-electron chi connectivity index (χ1n) is 47.5. The third-order valence-corrected chi connectivity index (χ3v) is 28.3. The van der Waals surface area contributed by atoms with Gasteiger partial charge in [-0.15, -0.1) is 0 Å². The molecule has 150 heavy (non-hydrogen) atoms. The Morgan fingerprint density at radius 1 is 0.447 bits per heavy atom. The van der Waals surface area contributed by atoms with Crippen molar-refractivity contribution in [2.45, 2.75) is 466 Å². The average molecular weight is 2220 g/mol. The lowest BCUT2D eigenvalue weighted by Gasteiger charge is -2.39. The molecule has 4 aliphatic carbocycles. The van der Waals surface area contributed by atoms with E-state index in [0.717, 1.165) is 31.6 Å². The van der Waals surface area contributed by atoms with Crippen LogP contribution in [-0.2, 0) is 84.6 Å². The second-order valence-corrected chi connectivity index (χ2v) is 42.5. The highest BCUT2D eigenvalue weighted by molar-refractivity contribution is 6.04. The van der Waals surface area contributed by atoms with Crippen molar-refractivity contribution < 1.29 is 187 Å². The summed E-state index contributed by atoms with van der Waals surface area (Å²) in [7, 11) is 1.53. The van der Waals surface area contributed by atoms with E-state index in [9.17, 15) is 154 Å². The van der Waals surface area contributed by atoms with Crippen molar-refractivity contribution in [3.8, 4) is 5.75 Å². The first kappa shape index (κ1) is 160. The number of carboxylic acids is 1. The highest BCUT2D eigenvalue weighted by Crippen LogP contribution is 2.60. The van der Waals surface area contributed by atoms with Crippen LogP contribution in [0.5, 0.6) is 5.75 Å². The number of esters is 6. The van der Waals surface area contributed by atoms with Gasteiger partial charge in [-0.05, 0) is 261 Å². The van der Waals surface area contributed by atoms with Crippen molar-refractivity contribution in [2.75, 3.05) is 7.05 Å². The van der Waals surface area contributed by atoms with Gasteiger partial charge in [-0.3, -0.25) is 43.3 Å². The zero-order valence-electron chi connectivity index (χ0n) is 86.8. The van der Waals surface area contributed by atoms with Gasteiger partial charge in [0, 0.05) is 24.8 Å². The number of likely N-dealkylation sites (tertiary alicyclic amines) is 1. The lowest BCUT2D eigenvalue weighted by atomic mass is 9.72. The number of amides is 2. The number of rotatable bonds is 22. The summed E-state index contributed by atoms with van der Waals surface area (Å²) < 4.78 is 324. The summed E-state index contributed by atoms with van der Waals surface area (Å²) in [5.74, 6) is -5.63. The third kappa shape index (κ3) is 47.4. The third-order valence-electron chi connectivity index (χ3n) is 28.3. The molecule has 2 saturated heterocycles. The quantitative estimate of drug-likeness (QED) is 0.0365. The van der Waals surface area contributed by atoms with E-state index < -0.39 is 154 Å². The van der Waals surface area contributed by atoms with Crippen molar-refractivity contribution in [1.29, 1.82) is 0 Å². The van der Waals surface area contributed by atoms with Gasteiger partial charge in [0.05, 0.1) is 44.1 Å². The van der Waals surface area contributed by atoms with E-state index in [-0.39, 0.29) is 166 Å². The number of aliphatic carboxylic acids is 1. The van der Waals surface area contributed by atoms with Gasteiger partial charge in [-0.2, -0.15) is 105 Å². The Bertz CT molecular complexity index is 4240. The molecule has 12 unspecified atom stereocenters. The number of hydrogen-bond acceptors (Lipinski definition) is 16. The Labute approximate surface area is 877 Å². The molecule has 18 nitrogen and oxygen atoms in total. The summed E-state index contributed by atoms with van der Waals surface area (Å²) in [5, 5.41) is 17.7. The van der Waals surface area contributed by atoms with Crippen molar-refractivity contribution in [3.05, 3.63) is 64.7 Å². The molecule has 12 atom stereocenters. The number of carboxylic acid groups (broad SMARTS) is 1. The molecule has 2 N–H and O–H groups in total. The maximum atomic E-state index is 12.7. The summed E-state index contributed by atoms with van der Waals surface area (Å²) in [6, 6.07) is 9.80. The standard InChI is InChI=1S/C16H30O2.C14H14F6O2.C14H22.C13H18F6O.C13H20O4.C9H12F6O2.C8H10F6O2.C7H11NO2.C6H12O2.8CH4/c1-7-15(3,4)14(17)18-16(5,6)13-10-8-12(2)9-11-13;1-4-12(2,3)11(21)22-10-6-8(13(15,16)17)5-9(7-10)14(18,19)20;1-6-11(2)12-7-9-13(10-8-12)14(3,4)5;1-6-7(2)10-4-8(6)3-9(10)5-11(20,12(14,15)16)13(17,18)19;1-4-13(2,3)12(15)17-10-8-6-5-7-9(8)16-11(10)14;1-4-7(2,3)6(16)17-5(8(10,11)12)9(13,14)15;1-3-4(2)5(15)16-6(7(9,10)11)8(12,13)14;1-4-5(2)7(10)8(3)6(4)9;1-4-6(2,3)5(7)8;;;;;;;;/h12-13H,7-11H2,1-6H3;5-7H,4H2,1-3H3;7-11H,6H2,1-5H3;6-10,20H,3-5H2,1-2H3;8-10H,4-7H2,1-3H3;5H,4H2,1-3H3;4,6H,3H2,1-2H3;4-5H,1-3H3;4H2,1-3H3,(H,7,8);8*1H4. The van der Waals surface area contributed by atoms with E-state index in [1.54, 1.807) is 34.6 Å². The largest absolute Gasteiger partial charge is 0.481 e. The Balaban J connectivity index is -0.000000214. The molecule has 2 bridgehead atoms. The van der Waals surface area contributed by atoms with Crippen molar-refractivity contribution >= 4 is 53.6 Å². The van der Waals surface area contributed by atoms with Crippen LogP contribution in [0.1, 0.15) is 398 Å². The smallest absolute Gasteiger partial charge is 0.434 e. The zero-order valence-corrected chi connectivity index (χ0v) is 86.8. The predicted molar refractivity (Wildman–Crippen MR) is 535 cm³/mol. The summed E-state index contributed by atoms with van der Waals surface area (Å²) in [6.45, 7) is 53.2. The molecule has 42 heteroatoms. The van der Waals surface area contributed by atoms with Crippen molar-refractivity contribution in [2.24, 2.45) is 92.2 Å². The minimum absolute atomic E-state index is 0. The highest BCUT2D eigenvalue weighted by atomic mass is 19.4. The Morgan fingerprint density at radius 3 is 1.13 bits per heavy atom. The molecule has 0 spiro atoms. The number of benzene rings is 2. The number of fused-ring (bicyclic) bond motifs is 3. The molecule has 8 rings (SSSR count). The van der Waals surface area contributed by atoms with Crippen LogP contribution < -0.4 is 4.74 Å². The topological polar surface area (TPSA) is 253 Å². The summed E-state index contributed by atoms with van der Waals surface area (Å²) in [4.78, 5) is 103. The lowest BCUT2D eigenvalue weighted by Crippen LogP contribution is -2.58. The lowest BCUT2D eigenvalue weighted by molar-refractivity contribution is -0.373. The van der Waals surface area contributed by atoms with Gasteiger partial charge in [-0.25, -0.2) is 4.79 Å². The van der Waals surface area contributed by atoms with Gasteiger partial charge >= 0.3 is 91.2 Å². The fourth-order valence-electron chi connectivity index (χ4n) is 14.7. The van der Waals surface area contributed by atoms with E-state index in [4.69, 9.17) is 24.1 Å². The molecule has 2 amide bonds. The van der Waals surface area contributed by atoms with Crippen LogP contribution in [0.25, 0.3) is 0 Å². The monoisotopic (exact) mass is 2220 g/mol. The molecule has 888 valence electrons. The molecule has 2 heterocycles. The molecular weight excluding hydrogens is 2040 g/mol. The number of halogens is 24. The number of nitrogens with zero attached hydrogens (tertiary/aromatic N) is 1. The number of imide groups is 1. The Hall–Kier alpha value is -7.85. The molecule has 4 saturated carbocycles. The highest BCUT2D eigenvalue weighted by Gasteiger charge is 2.72. The number of ether oxygens (including phenoxy) is 6. The van der Waals surface area contributed by atoms with Gasteiger partial charge in [-0.1, -0.05) is 214 Å². The number of carbonyl (C=O) groups excluding carboxylic acids is 8. The fourth-order valence-corrected chi connectivity index (χ4v) is 14.7. The van der Waals surface area contributed by atoms with Crippen molar-refractivity contribution in [1.82, 2.24) is 4.90 Å². The van der Waals surface area contributed by atoms with Crippen LogP contribution in [0.2, 0.25) is 0 Å². The molecule has 0 radical (unpaired) electrons. The van der Waals surface area contributed by atoms with Gasteiger partial charge in [0.25, 0.3) is 17.8 Å². The first-order valence-corrected chi connectivity index (χ1v) is 47.5. The van der Waals surface area contributed by atoms with E-state index in [2.05, 4.69) is 89.1 Å². The van der Waals surface area contributed by atoms with Crippen LogP contribution in [0.3, 0.4) is 0 Å². The van der Waals surface area contributed by atoms with Gasteiger partial charge in [0.1, 0.15) is 17.5 Å². The second kappa shape index (κ2) is 62.2. The predicted octanol–water partition coefficient (Wildman–Crippen LogP) is 33.7. The minimum Gasteiger partial charge on any atom is -0.481 e.